The predicted octanol–water partition coefficient (Wildman–Crippen LogP) is 3.75. The summed E-state index contributed by atoms with van der Waals surface area (Å²) in [4.78, 5) is 10.8. The maximum Gasteiger partial charge on any atom is 0.304 e. The van der Waals surface area contributed by atoms with E-state index < -0.39 is 17.2 Å². The van der Waals surface area contributed by atoms with Crippen molar-refractivity contribution in [2.45, 2.75) is 24.7 Å². The van der Waals surface area contributed by atoms with Crippen LogP contribution in [0.15, 0.2) is 16.6 Å². The summed E-state index contributed by atoms with van der Waals surface area (Å²) in [5, 5.41) is 9.24. The van der Waals surface area contributed by atoms with Crippen LogP contribution in [0.3, 0.4) is 0 Å². The zero-order valence-electron chi connectivity index (χ0n) is 8.27. The largest absolute Gasteiger partial charge is 0.481 e. The molecule has 2 nitrogen and oxygen atoms in total. The molecule has 0 unspecified atom stereocenters. The molecule has 1 N–H and O–H groups in total. The Morgan fingerprint density at radius 1 is 1.56 bits per heavy atom. The molecule has 16 heavy (non-hydrogen) atoms. The Hall–Kier alpha value is -0.610. The van der Waals surface area contributed by atoms with Crippen LogP contribution in [0.1, 0.15) is 24.8 Å². The van der Waals surface area contributed by atoms with Crippen LogP contribution in [0.4, 0.5) is 4.39 Å². The number of rotatable bonds is 3. The minimum atomic E-state index is -0.913. The summed E-state index contributed by atoms with van der Waals surface area (Å²) < 4.78 is 14.2. The van der Waals surface area contributed by atoms with E-state index in [4.69, 9.17) is 16.7 Å². The minimum Gasteiger partial charge on any atom is -0.481 e. The van der Waals surface area contributed by atoms with Gasteiger partial charge in [-0.15, -0.1) is 0 Å². The van der Waals surface area contributed by atoms with Gasteiger partial charge in [-0.1, -0.05) is 11.6 Å². The molecule has 2 rings (SSSR count). The number of halogens is 3. The molecule has 86 valence electrons. The fraction of sp³-hybridized carbons (Fsp3) is 0.364. The second kappa shape index (κ2) is 4.00. The van der Waals surface area contributed by atoms with Gasteiger partial charge in [-0.05, 0) is 40.9 Å². The molecular formula is C11H9BrClFO2. The maximum atomic E-state index is 13.7. The first-order chi connectivity index (χ1) is 7.46. The van der Waals surface area contributed by atoms with Crippen LogP contribution < -0.4 is 0 Å². The molecule has 0 aliphatic heterocycles. The van der Waals surface area contributed by atoms with Gasteiger partial charge in [-0.3, -0.25) is 4.79 Å². The number of hydrogen-bond acceptors (Lipinski definition) is 1. The smallest absolute Gasteiger partial charge is 0.304 e. The topological polar surface area (TPSA) is 37.3 Å². The van der Waals surface area contributed by atoms with E-state index in [9.17, 15) is 9.18 Å². The lowest BCUT2D eigenvalue weighted by molar-refractivity contribution is -0.137. The summed E-state index contributed by atoms with van der Waals surface area (Å²) in [5.74, 6) is -1.31. The van der Waals surface area contributed by atoms with E-state index in [0.29, 0.717) is 27.9 Å². The molecule has 0 aromatic heterocycles. The quantitative estimate of drug-likeness (QED) is 0.864. The van der Waals surface area contributed by atoms with Crippen molar-refractivity contribution in [3.8, 4) is 0 Å². The van der Waals surface area contributed by atoms with Crippen LogP contribution in [0.5, 0.6) is 0 Å². The molecule has 1 aromatic carbocycles. The summed E-state index contributed by atoms with van der Waals surface area (Å²) in [6, 6.07) is 2.74. The average molecular weight is 308 g/mol. The summed E-state index contributed by atoms with van der Waals surface area (Å²) in [6.45, 7) is 0. The molecule has 1 saturated carbocycles. The molecule has 0 radical (unpaired) electrons. The average Bonchev–Trinajstić information content (AvgIpc) is 2.92. The normalized spacial score (nSPS) is 17.2. The van der Waals surface area contributed by atoms with Crippen LogP contribution in [-0.2, 0) is 10.2 Å². The number of carbonyl (C=O) groups is 1. The Morgan fingerprint density at radius 2 is 2.19 bits per heavy atom. The second-order valence-electron chi connectivity index (χ2n) is 4.07. The van der Waals surface area contributed by atoms with E-state index in [2.05, 4.69) is 15.9 Å². The third-order valence-corrected chi connectivity index (χ3v) is 4.28. The Labute approximate surface area is 106 Å². The van der Waals surface area contributed by atoms with E-state index in [-0.39, 0.29) is 6.42 Å². The number of carboxylic acid groups (broad SMARTS) is 1. The first-order valence-electron chi connectivity index (χ1n) is 4.82. The fourth-order valence-corrected chi connectivity index (χ4v) is 2.87. The van der Waals surface area contributed by atoms with Crippen LogP contribution in [-0.4, -0.2) is 11.1 Å². The zero-order chi connectivity index (χ0) is 11.9. The lowest BCUT2D eigenvalue weighted by atomic mass is 9.92. The van der Waals surface area contributed by atoms with Crippen molar-refractivity contribution in [1.82, 2.24) is 0 Å². The number of aliphatic carboxylic acids is 1. The van der Waals surface area contributed by atoms with Gasteiger partial charge in [0.05, 0.1) is 11.4 Å². The van der Waals surface area contributed by atoms with Gasteiger partial charge in [0.2, 0.25) is 0 Å². The lowest BCUT2D eigenvalue weighted by Crippen LogP contribution is -2.15. The highest BCUT2D eigenvalue weighted by molar-refractivity contribution is 9.10. The second-order valence-corrected chi connectivity index (χ2v) is 5.27. The van der Waals surface area contributed by atoms with Gasteiger partial charge in [0.25, 0.3) is 0 Å². The van der Waals surface area contributed by atoms with Gasteiger partial charge >= 0.3 is 5.97 Å². The molecule has 1 aliphatic rings. The van der Waals surface area contributed by atoms with Crippen LogP contribution in [0.2, 0.25) is 5.02 Å². The molecule has 1 aliphatic carbocycles. The molecule has 0 spiro atoms. The van der Waals surface area contributed by atoms with Gasteiger partial charge in [0, 0.05) is 15.5 Å². The van der Waals surface area contributed by atoms with Crippen molar-refractivity contribution in [2.75, 3.05) is 0 Å². The number of hydrogen-bond donors (Lipinski definition) is 1. The van der Waals surface area contributed by atoms with E-state index >= 15 is 0 Å². The van der Waals surface area contributed by atoms with Crippen molar-refractivity contribution in [3.63, 3.8) is 0 Å². The zero-order valence-corrected chi connectivity index (χ0v) is 10.6. The van der Waals surface area contributed by atoms with Crippen molar-refractivity contribution in [2.24, 2.45) is 0 Å². The van der Waals surface area contributed by atoms with Crippen molar-refractivity contribution >= 4 is 33.5 Å². The van der Waals surface area contributed by atoms with Crippen molar-refractivity contribution in [3.05, 3.63) is 33.0 Å². The maximum absolute atomic E-state index is 13.7. The molecule has 1 fully saturated rings. The molecule has 0 atom stereocenters. The van der Waals surface area contributed by atoms with E-state index in [1.54, 1.807) is 0 Å². The van der Waals surface area contributed by atoms with E-state index in [1.165, 1.54) is 12.1 Å². The van der Waals surface area contributed by atoms with Crippen molar-refractivity contribution in [1.29, 1.82) is 0 Å². The standard InChI is InChI=1S/C11H9BrClFO2/c12-10-6(13)1-2-7(14)9(10)11(3-4-11)5-8(15)16/h1-2H,3-5H2,(H,15,16). The van der Waals surface area contributed by atoms with Gasteiger partial charge in [-0.2, -0.15) is 0 Å². The van der Waals surface area contributed by atoms with Gasteiger partial charge < -0.3 is 5.11 Å². The van der Waals surface area contributed by atoms with Gasteiger partial charge in [0.15, 0.2) is 0 Å². The lowest BCUT2D eigenvalue weighted by Gasteiger charge is -2.16. The summed E-state index contributed by atoms with van der Waals surface area (Å²) >= 11 is 9.13. The summed E-state index contributed by atoms with van der Waals surface area (Å²) in [6.07, 6.45) is 1.33. The SMILES string of the molecule is O=C(O)CC1(c2c(F)ccc(Cl)c2Br)CC1. The molecule has 1 aromatic rings. The molecule has 5 heteroatoms. The number of benzene rings is 1. The predicted molar refractivity (Wildman–Crippen MR) is 62.3 cm³/mol. The Bertz CT molecular complexity index is 458. The minimum absolute atomic E-state index is 0.0527. The van der Waals surface area contributed by atoms with Crippen LogP contribution in [0, 0.1) is 5.82 Å². The third-order valence-electron chi connectivity index (χ3n) is 2.92. The monoisotopic (exact) mass is 306 g/mol. The third kappa shape index (κ3) is 1.96. The Kier molecular flexibility index (Phi) is 2.97. The van der Waals surface area contributed by atoms with Gasteiger partial charge in [0.1, 0.15) is 5.82 Å². The summed E-state index contributed by atoms with van der Waals surface area (Å²) in [7, 11) is 0. The highest BCUT2D eigenvalue weighted by Crippen LogP contribution is 2.54. The molecule has 0 heterocycles. The molecule has 0 amide bonds. The molecular weight excluding hydrogens is 298 g/mol. The fourth-order valence-electron chi connectivity index (χ4n) is 1.97. The Morgan fingerprint density at radius 3 is 2.69 bits per heavy atom. The van der Waals surface area contributed by atoms with Crippen LogP contribution in [0.25, 0.3) is 0 Å². The molecule has 0 saturated heterocycles. The van der Waals surface area contributed by atoms with E-state index in [1.807, 2.05) is 0 Å². The first kappa shape index (κ1) is 11.9. The first-order valence-corrected chi connectivity index (χ1v) is 5.99. The highest BCUT2D eigenvalue weighted by atomic mass is 79.9. The Balaban J connectivity index is 2.48. The summed E-state index contributed by atoms with van der Waals surface area (Å²) in [5.41, 5.74) is -0.165. The van der Waals surface area contributed by atoms with E-state index in [0.717, 1.165) is 0 Å². The van der Waals surface area contributed by atoms with Crippen LogP contribution >= 0.6 is 27.5 Å². The highest BCUT2D eigenvalue weighted by Gasteiger charge is 2.49. The molecule has 0 bridgehead atoms. The van der Waals surface area contributed by atoms with Crippen molar-refractivity contribution < 1.29 is 14.3 Å². The number of carboxylic acids is 1. The van der Waals surface area contributed by atoms with Gasteiger partial charge in [-0.25, -0.2) is 4.39 Å².